The van der Waals surface area contributed by atoms with E-state index in [2.05, 4.69) is 31.4 Å². The molecule has 0 aromatic heterocycles. The second-order valence-electron chi connectivity index (χ2n) is 9.01. The van der Waals surface area contributed by atoms with Crippen LogP contribution in [0.3, 0.4) is 0 Å². The summed E-state index contributed by atoms with van der Waals surface area (Å²) in [6.45, 7) is 9.79. The van der Waals surface area contributed by atoms with Crippen molar-refractivity contribution in [3.05, 3.63) is 0 Å². The fraction of sp³-hybridized carbons (Fsp3) is 1.00. The summed E-state index contributed by atoms with van der Waals surface area (Å²) in [5, 5.41) is 7.69. The van der Waals surface area contributed by atoms with Crippen LogP contribution in [0, 0.1) is 23.2 Å². The summed E-state index contributed by atoms with van der Waals surface area (Å²) in [5.74, 6) is 2.80. The zero-order valence-corrected chi connectivity index (χ0v) is 15.2. The summed E-state index contributed by atoms with van der Waals surface area (Å²) in [4.78, 5) is 0. The lowest BCUT2D eigenvalue weighted by atomic mass is 9.45. The van der Waals surface area contributed by atoms with Crippen molar-refractivity contribution in [1.29, 1.82) is 0 Å². The van der Waals surface area contributed by atoms with Crippen LogP contribution in [0.25, 0.3) is 0 Å². The van der Waals surface area contributed by atoms with Crippen LogP contribution in [0.5, 0.6) is 0 Å². The number of hydrogen-bond acceptors (Lipinski definition) is 2. The van der Waals surface area contributed by atoms with E-state index in [1.807, 2.05) is 0 Å². The first kappa shape index (κ1) is 16.8. The lowest BCUT2D eigenvalue weighted by Gasteiger charge is -2.62. The van der Waals surface area contributed by atoms with Crippen molar-refractivity contribution in [3.63, 3.8) is 0 Å². The molecule has 128 valence electrons. The molecule has 0 spiro atoms. The van der Waals surface area contributed by atoms with Crippen molar-refractivity contribution in [3.8, 4) is 0 Å². The number of nitrogens with one attached hydrogen (secondary N) is 2. The molecule has 4 aliphatic rings. The van der Waals surface area contributed by atoms with Gasteiger partial charge in [0.1, 0.15) is 0 Å². The van der Waals surface area contributed by atoms with Crippen LogP contribution in [0.4, 0.5) is 0 Å². The molecule has 2 nitrogen and oxygen atoms in total. The van der Waals surface area contributed by atoms with E-state index in [-0.39, 0.29) is 0 Å². The molecule has 2 bridgehead atoms. The molecule has 22 heavy (non-hydrogen) atoms. The Kier molecular flexibility index (Phi) is 5.50. The summed E-state index contributed by atoms with van der Waals surface area (Å²) in [6.07, 6.45) is 12.9. The van der Waals surface area contributed by atoms with Crippen LogP contribution in [0.2, 0.25) is 0 Å². The Hall–Kier alpha value is -0.0800. The predicted octanol–water partition coefficient (Wildman–Crippen LogP) is 4.35. The standard InChI is InChI=1S/C20H38N2/c1-15-18-13-16(20(18,2)3)14-19(15)22-12-11-21-17-9-7-5-4-6-8-10-17/h15-19,21-22H,4-14H2,1-3H3. The molecule has 0 heterocycles. The Morgan fingerprint density at radius 3 is 2.14 bits per heavy atom. The van der Waals surface area contributed by atoms with Gasteiger partial charge < -0.3 is 10.6 Å². The minimum Gasteiger partial charge on any atom is -0.313 e. The Balaban J connectivity index is 1.34. The van der Waals surface area contributed by atoms with Crippen LogP contribution >= 0.6 is 0 Å². The van der Waals surface area contributed by atoms with Gasteiger partial charge in [0, 0.05) is 25.2 Å². The smallest absolute Gasteiger partial charge is 0.00989 e. The maximum absolute atomic E-state index is 3.88. The lowest BCUT2D eigenvalue weighted by Crippen LogP contribution is -2.60. The minimum absolute atomic E-state index is 0.620. The van der Waals surface area contributed by atoms with Gasteiger partial charge in [0.15, 0.2) is 0 Å². The third kappa shape index (κ3) is 3.53. The second kappa shape index (κ2) is 7.21. The molecule has 2 N–H and O–H groups in total. The Morgan fingerprint density at radius 1 is 0.864 bits per heavy atom. The van der Waals surface area contributed by atoms with Crippen molar-refractivity contribution < 1.29 is 0 Å². The minimum atomic E-state index is 0.620. The van der Waals surface area contributed by atoms with Crippen molar-refractivity contribution in [2.24, 2.45) is 23.2 Å². The first-order valence-electron chi connectivity index (χ1n) is 10.1. The highest BCUT2D eigenvalue weighted by molar-refractivity contribution is 5.06. The van der Waals surface area contributed by atoms with Gasteiger partial charge in [-0.15, -0.1) is 0 Å². The monoisotopic (exact) mass is 306 g/mol. The molecule has 0 aliphatic heterocycles. The van der Waals surface area contributed by atoms with E-state index < -0.39 is 0 Å². The highest BCUT2D eigenvalue weighted by atomic mass is 15.0. The molecule has 4 atom stereocenters. The van der Waals surface area contributed by atoms with Gasteiger partial charge in [0.25, 0.3) is 0 Å². The largest absolute Gasteiger partial charge is 0.313 e. The first-order chi connectivity index (χ1) is 10.6. The van der Waals surface area contributed by atoms with E-state index in [1.165, 1.54) is 57.8 Å². The number of rotatable bonds is 5. The zero-order chi connectivity index (χ0) is 15.6. The average molecular weight is 307 g/mol. The van der Waals surface area contributed by atoms with E-state index in [1.54, 1.807) is 0 Å². The van der Waals surface area contributed by atoms with Gasteiger partial charge >= 0.3 is 0 Å². The molecular formula is C20H38N2. The fourth-order valence-electron chi connectivity index (χ4n) is 5.61. The maximum Gasteiger partial charge on any atom is 0.00989 e. The molecule has 4 rings (SSSR count). The molecule has 0 aromatic carbocycles. The molecular weight excluding hydrogens is 268 g/mol. The quantitative estimate of drug-likeness (QED) is 0.738. The third-order valence-electron chi connectivity index (χ3n) is 7.42. The highest BCUT2D eigenvalue weighted by Crippen LogP contribution is 2.61. The molecule has 2 heteroatoms. The van der Waals surface area contributed by atoms with E-state index >= 15 is 0 Å². The van der Waals surface area contributed by atoms with Crippen LogP contribution in [-0.4, -0.2) is 25.2 Å². The number of fused-ring (bicyclic) bond motifs is 2. The lowest BCUT2D eigenvalue weighted by molar-refractivity contribution is -0.114. The van der Waals surface area contributed by atoms with Gasteiger partial charge in [-0.05, 0) is 48.9 Å². The molecule has 4 aliphatic carbocycles. The van der Waals surface area contributed by atoms with Crippen LogP contribution in [0.15, 0.2) is 0 Å². The van der Waals surface area contributed by atoms with E-state index in [0.29, 0.717) is 5.41 Å². The first-order valence-corrected chi connectivity index (χ1v) is 10.1. The maximum atomic E-state index is 3.88. The summed E-state index contributed by atoms with van der Waals surface area (Å²) in [6, 6.07) is 1.56. The number of hydrogen-bond donors (Lipinski definition) is 2. The van der Waals surface area contributed by atoms with E-state index in [4.69, 9.17) is 0 Å². The van der Waals surface area contributed by atoms with Crippen LogP contribution in [-0.2, 0) is 0 Å². The summed E-state index contributed by atoms with van der Waals surface area (Å²) in [7, 11) is 0. The average Bonchev–Trinajstić information content (AvgIpc) is 2.46. The zero-order valence-electron chi connectivity index (χ0n) is 15.2. The normalized spacial score (nSPS) is 38.9. The van der Waals surface area contributed by atoms with E-state index in [0.717, 1.165) is 42.9 Å². The Morgan fingerprint density at radius 2 is 1.50 bits per heavy atom. The van der Waals surface area contributed by atoms with Gasteiger partial charge in [-0.3, -0.25) is 0 Å². The third-order valence-corrected chi connectivity index (χ3v) is 7.42. The van der Waals surface area contributed by atoms with Crippen LogP contribution in [0.1, 0.15) is 78.6 Å². The molecule has 4 saturated carbocycles. The molecule has 0 amide bonds. The van der Waals surface area contributed by atoms with Crippen molar-refractivity contribution in [1.82, 2.24) is 10.6 Å². The summed E-state index contributed by atoms with van der Waals surface area (Å²) < 4.78 is 0. The van der Waals surface area contributed by atoms with Gasteiger partial charge in [0.05, 0.1) is 0 Å². The van der Waals surface area contributed by atoms with Crippen molar-refractivity contribution in [2.45, 2.75) is 90.6 Å². The molecule has 0 saturated heterocycles. The van der Waals surface area contributed by atoms with Gasteiger partial charge in [-0.25, -0.2) is 0 Å². The van der Waals surface area contributed by atoms with Gasteiger partial charge in [0.2, 0.25) is 0 Å². The predicted molar refractivity (Wildman–Crippen MR) is 95.1 cm³/mol. The van der Waals surface area contributed by atoms with E-state index in [9.17, 15) is 0 Å². The Labute approximate surface area is 138 Å². The van der Waals surface area contributed by atoms with Gasteiger partial charge in [-0.1, -0.05) is 52.9 Å². The fourth-order valence-corrected chi connectivity index (χ4v) is 5.61. The van der Waals surface area contributed by atoms with Crippen LogP contribution < -0.4 is 10.6 Å². The molecule has 4 fully saturated rings. The van der Waals surface area contributed by atoms with Crippen molar-refractivity contribution >= 4 is 0 Å². The summed E-state index contributed by atoms with van der Waals surface area (Å²) >= 11 is 0. The topological polar surface area (TPSA) is 24.1 Å². The second-order valence-corrected chi connectivity index (χ2v) is 9.01. The summed E-state index contributed by atoms with van der Waals surface area (Å²) in [5.41, 5.74) is 0.620. The SMILES string of the molecule is CC1C(NCCNC2CCCCCCC2)CC2CC1C2(C)C. The highest BCUT2D eigenvalue weighted by Gasteiger charge is 2.55. The van der Waals surface area contributed by atoms with Gasteiger partial charge in [-0.2, -0.15) is 0 Å². The molecule has 0 radical (unpaired) electrons. The molecule has 0 aromatic rings. The molecule has 4 unspecified atom stereocenters. The Bertz CT molecular complexity index is 344. The van der Waals surface area contributed by atoms with Crippen molar-refractivity contribution in [2.75, 3.05) is 13.1 Å².